The maximum atomic E-state index is 10.5. The molecule has 18 heavy (non-hydrogen) atoms. The molecule has 0 aromatic carbocycles. The molecular weight excluding hydrogens is 262 g/mol. The van der Waals surface area contributed by atoms with Gasteiger partial charge in [0.1, 0.15) is 11.5 Å². The summed E-state index contributed by atoms with van der Waals surface area (Å²) in [5.41, 5.74) is 0. The summed E-state index contributed by atoms with van der Waals surface area (Å²) in [7, 11) is 0. The average molecular weight is 270 g/mol. The Morgan fingerprint density at radius 2 is 2.11 bits per heavy atom. The van der Waals surface area contributed by atoms with Crippen LogP contribution in [0.1, 0.15) is 0 Å². The highest BCUT2D eigenvalue weighted by molar-refractivity contribution is 6.17. The number of rotatable bonds is 5. The van der Waals surface area contributed by atoms with Crippen LogP contribution in [-0.4, -0.2) is 27.4 Å². The first-order chi connectivity index (χ1) is 8.70. The molecule has 0 aliphatic heterocycles. The molecule has 0 atom stereocenters. The molecule has 0 bridgehead atoms. The summed E-state index contributed by atoms with van der Waals surface area (Å²) >= 11 is 5.47. The second-order valence-electron chi connectivity index (χ2n) is 3.17. The van der Waals surface area contributed by atoms with Gasteiger partial charge in [-0.1, -0.05) is 0 Å². The Bertz CT molecular complexity index is 540. The van der Waals surface area contributed by atoms with Crippen LogP contribution in [0.4, 0.5) is 5.88 Å². The van der Waals surface area contributed by atoms with Gasteiger partial charge in [-0.25, -0.2) is 9.97 Å². The number of nitrogens with zero attached hydrogens (tertiary/aromatic N) is 3. The third-order valence-corrected chi connectivity index (χ3v) is 2.12. The number of aromatic nitrogens is 2. The summed E-state index contributed by atoms with van der Waals surface area (Å²) in [6.07, 6.45) is 2.90. The molecule has 0 N–H and O–H groups in total. The predicted octanol–water partition coefficient (Wildman–Crippen LogP) is 2.26. The summed E-state index contributed by atoms with van der Waals surface area (Å²) in [5.74, 6) is 0.968. The van der Waals surface area contributed by atoms with E-state index in [1.807, 2.05) is 0 Å². The van der Waals surface area contributed by atoms with Gasteiger partial charge in [-0.2, -0.15) is 0 Å². The van der Waals surface area contributed by atoms with Gasteiger partial charge < -0.3 is 9.15 Å². The highest BCUT2D eigenvalue weighted by atomic mass is 35.5. The fraction of sp³-hybridized carbons (Fsp3) is 0.200. The van der Waals surface area contributed by atoms with Crippen molar-refractivity contribution in [2.75, 3.05) is 12.5 Å². The third kappa shape index (κ3) is 2.75. The van der Waals surface area contributed by atoms with Crippen molar-refractivity contribution in [1.82, 2.24) is 9.97 Å². The predicted molar refractivity (Wildman–Crippen MR) is 62.6 cm³/mol. The highest BCUT2D eigenvalue weighted by Crippen LogP contribution is 2.23. The molecule has 0 aliphatic carbocycles. The molecule has 2 aromatic rings. The summed E-state index contributed by atoms with van der Waals surface area (Å²) in [4.78, 5) is 17.8. The molecule has 94 valence electrons. The van der Waals surface area contributed by atoms with Crippen LogP contribution in [0.3, 0.4) is 0 Å². The minimum atomic E-state index is -0.624. The summed E-state index contributed by atoms with van der Waals surface area (Å²) in [6.45, 7) is 0.358. The van der Waals surface area contributed by atoms with Gasteiger partial charge in [0.25, 0.3) is 0 Å². The Labute approximate surface area is 107 Å². The van der Waals surface area contributed by atoms with Crippen LogP contribution >= 0.6 is 11.6 Å². The fourth-order valence-corrected chi connectivity index (χ4v) is 1.30. The minimum absolute atomic E-state index is 0.227. The summed E-state index contributed by atoms with van der Waals surface area (Å²) in [5, 5.41) is 10.5. The van der Waals surface area contributed by atoms with Crippen molar-refractivity contribution in [3.8, 4) is 17.3 Å². The number of nitro groups is 1. The standard InChI is InChI=1S/C10H8ClN3O4/c11-3-4-17-7-5-12-10(13-6-7)8-1-2-9(18-8)14(15)16/h1-2,5-6H,3-4H2. The van der Waals surface area contributed by atoms with Crippen molar-refractivity contribution >= 4 is 17.5 Å². The zero-order valence-electron chi connectivity index (χ0n) is 9.08. The molecule has 8 heteroatoms. The largest absolute Gasteiger partial charge is 0.489 e. The molecule has 0 spiro atoms. The zero-order valence-corrected chi connectivity index (χ0v) is 9.83. The Kier molecular flexibility index (Phi) is 3.73. The van der Waals surface area contributed by atoms with Crippen molar-refractivity contribution in [1.29, 1.82) is 0 Å². The first-order valence-corrected chi connectivity index (χ1v) is 5.49. The van der Waals surface area contributed by atoms with Crippen LogP contribution in [0.5, 0.6) is 5.75 Å². The number of hydrogen-bond acceptors (Lipinski definition) is 6. The van der Waals surface area contributed by atoms with Gasteiger partial charge in [-0.3, -0.25) is 10.1 Å². The Morgan fingerprint density at radius 3 is 2.67 bits per heavy atom. The van der Waals surface area contributed by atoms with E-state index < -0.39 is 4.92 Å². The molecule has 2 heterocycles. The average Bonchev–Trinajstić information content (AvgIpc) is 2.87. The van der Waals surface area contributed by atoms with Crippen molar-refractivity contribution < 1.29 is 14.1 Å². The number of ether oxygens (including phenoxy) is 1. The lowest BCUT2D eigenvalue weighted by Gasteiger charge is -2.02. The topological polar surface area (TPSA) is 91.3 Å². The van der Waals surface area contributed by atoms with E-state index in [9.17, 15) is 10.1 Å². The Balaban J connectivity index is 2.15. The first-order valence-electron chi connectivity index (χ1n) is 4.96. The van der Waals surface area contributed by atoms with Gasteiger partial charge in [0.15, 0.2) is 17.3 Å². The monoisotopic (exact) mass is 269 g/mol. The summed E-state index contributed by atoms with van der Waals surface area (Å²) < 4.78 is 10.2. The van der Waals surface area contributed by atoms with Crippen LogP contribution < -0.4 is 4.74 Å². The van der Waals surface area contributed by atoms with Crippen LogP contribution in [0.2, 0.25) is 0 Å². The molecule has 0 saturated carbocycles. The smallest absolute Gasteiger partial charge is 0.433 e. The van der Waals surface area contributed by atoms with Crippen molar-refractivity contribution in [2.24, 2.45) is 0 Å². The van der Waals surface area contributed by atoms with Crippen molar-refractivity contribution in [3.05, 3.63) is 34.6 Å². The van der Waals surface area contributed by atoms with E-state index in [1.165, 1.54) is 24.5 Å². The lowest BCUT2D eigenvalue weighted by Crippen LogP contribution is -1.99. The normalized spacial score (nSPS) is 10.3. The van der Waals surface area contributed by atoms with Gasteiger partial charge in [0, 0.05) is 0 Å². The van der Waals surface area contributed by atoms with Crippen LogP contribution in [0, 0.1) is 10.1 Å². The van der Waals surface area contributed by atoms with Crippen LogP contribution in [-0.2, 0) is 0 Å². The molecule has 0 unspecified atom stereocenters. The number of furan rings is 1. The third-order valence-electron chi connectivity index (χ3n) is 1.97. The maximum Gasteiger partial charge on any atom is 0.433 e. The van der Waals surface area contributed by atoms with Gasteiger partial charge in [0.2, 0.25) is 0 Å². The lowest BCUT2D eigenvalue weighted by molar-refractivity contribution is -0.401. The molecule has 0 aliphatic rings. The van der Waals surface area contributed by atoms with E-state index in [4.69, 9.17) is 20.8 Å². The maximum absolute atomic E-state index is 10.5. The minimum Gasteiger partial charge on any atom is -0.489 e. The van der Waals surface area contributed by atoms with Crippen molar-refractivity contribution in [3.63, 3.8) is 0 Å². The number of halogens is 1. The Hall–Kier alpha value is -2.15. The zero-order chi connectivity index (χ0) is 13.0. The fourth-order valence-electron chi connectivity index (χ4n) is 1.22. The van der Waals surface area contributed by atoms with E-state index in [2.05, 4.69) is 9.97 Å². The SMILES string of the molecule is O=[N+]([O-])c1ccc(-c2ncc(OCCCl)cn2)o1. The lowest BCUT2D eigenvalue weighted by atomic mass is 10.4. The van der Waals surface area contributed by atoms with Gasteiger partial charge in [-0.05, 0) is 6.07 Å². The van der Waals surface area contributed by atoms with Gasteiger partial charge in [-0.15, -0.1) is 11.6 Å². The van der Waals surface area contributed by atoms with Gasteiger partial charge >= 0.3 is 5.88 Å². The first kappa shape index (κ1) is 12.3. The van der Waals surface area contributed by atoms with Crippen LogP contribution in [0.25, 0.3) is 11.6 Å². The molecule has 0 amide bonds. The highest BCUT2D eigenvalue weighted by Gasteiger charge is 2.14. The van der Waals surface area contributed by atoms with E-state index in [-0.39, 0.29) is 17.5 Å². The van der Waals surface area contributed by atoms with Gasteiger partial charge in [0.05, 0.1) is 24.3 Å². The Morgan fingerprint density at radius 1 is 1.39 bits per heavy atom. The second-order valence-corrected chi connectivity index (χ2v) is 3.55. The van der Waals surface area contributed by atoms with Crippen LogP contribution in [0.15, 0.2) is 28.9 Å². The van der Waals surface area contributed by atoms with Crippen molar-refractivity contribution in [2.45, 2.75) is 0 Å². The number of alkyl halides is 1. The number of hydrogen-bond donors (Lipinski definition) is 0. The van der Waals surface area contributed by atoms with E-state index in [1.54, 1.807) is 0 Å². The van der Waals surface area contributed by atoms with E-state index in [0.29, 0.717) is 18.2 Å². The summed E-state index contributed by atoms with van der Waals surface area (Å²) in [6, 6.07) is 2.68. The quantitative estimate of drug-likeness (QED) is 0.470. The molecule has 0 saturated heterocycles. The molecule has 2 rings (SSSR count). The molecule has 2 aromatic heterocycles. The molecular formula is C10H8ClN3O4. The van der Waals surface area contributed by atoms with E-state index >= 15 is 0 Å². The van der Waals surface area contributed by atoms with E-state index in [0.717, 1.165) is 0 Å². The molecule has 0 radical (unpaired) electrons. The molecule has 7 nitrogen and oxygen atoms in total. The second kappa shape index (κ2) is 5.46. The molecule has 0 fully saturated rings.